The van der Waals surface area contributed by atoms with Gasteiger partial charge in [-0.25, -0.2) is 14.8 Å². The number of imidazole rings is 1. The molecule has 0 spiro atoms. The number of carboxylic acids is 1. The molecule has 0 fully saturated rings. The fourth-order valence-electron chi connectivity index (χ4n) is 1.22. The van der Waals surface area contributed by atoms with E-state index in [1.807, 2.05) is 6.92 Å². The van der Waals surface area contributed by atoms with Gasteiger partial charge in [0.25, 0.3) is 5.19 Å². The van der Waals surface area contributed by atoms with E-state index >= 15 is 0 Å². The van der Waals surface area contributed by atoms with Crippen molar-refractivity contribution in [1.29, 1.82) is 0 Å². The van der Waals surface area contributed by atoms with Crippen LogP contribution in [0, 0.1) is 6.92 Å². The van der Waals surface area contributed by atoms with Crippen LogP contribution in [0.1, 0.15) is 16.2 Å². The fraction of sp³-hybridized carbons (Fsp3) is 0.222. The van der Waals surface area contributed by atoms with Crippen LogP contribution in [-0.2, 0) is 0 Å². The number of nitrogens with zero attached hydrogens (tertiary/aromatic N) is 2. The number of carboxylic acid groups (broad SMARTS) is 1. The molecule has 0 aliphatic carbocycles. The zero-order valence-electron chi connectivity index (χ0n) is 8.64. The standard InChI is InChI=1S/C9H9N3O3S/c1-4-6(16-9(11-4)15-2)7-10-3-5(12-7)8(13)14/h3H,1-2H3,(H,10,12)(H,13,14). The summed E-state index contributed by atoms with van der Waals surface area (Å²) in [6, 6.07) is 0. The number of rotatable bonds is 3. The summed E-state index contributed by atoms with van der Waals surface area (Å²) in [5.41, 5.74) is 0.815. The van der Waals surface area contributed by atoms with Crippen molar-refractivity contribution in [2.24, 2.45) is 0 Å². The summed E-state index contributed by atoms with van der Waals surface area (Å²) in [6.07, 6.45) is 1.28. The third-order valence-corrected chi connectivity index (χ3v) is 3.10. The summed E-state index contributed by atoms with van der Waals surface area (Å²) in [7, 11) is 1.53. The van der Waals surface area contributed by atoms with Gasteiger partial charge in [0.05, 0.1) is 23.9 Å². The van der Waals surface area contributed by atoms with E-state index in [1.54, 1.807) is 0 Å². The molecule has 0 saturated heterocycles. The van der Waals surface area contributed by atoms with Crippen LogP contribution < -0.4 is 4.74 Å². The van der Waals surface area contributed by atoms with E-state index in [4.69, 9.17) is 9.84 Å². The lowest BCUT2D eigenvalue weighted by atomic mass is 10.4. The summed E-state index contributed by atoms with van der Waals surface area (Å²) in [4.78, 5) is 22.3. The van der Waals surface area contributed by atoms with E-state index in [9.17, 15) is 4.79 Å². The minimum atomic E-state index is -1.03. The number of aromatic nitrogens is 3. The number of thiazole rings is 1. The summed E-state index contributed by atoms with van der Waals surface area (Å²) < 4.78 is 5.00. The highest BCUT2D eigenvalue weighted by Gasteiger charge is 2.15. The van der Waals surface area contributed by atoms with Crippen molar-refractivity contribution in [1.82, 2.24) is 15.0 Å². The van der Waals surface area contributed by atoms with Gasteiger partial charge in [-0.2, -0.15) is 0 Å². The molecule has 0 amide bonds. The normalized spacial score (nSPS) is 10.4. The van der Waals surface area contributed by atoms with Crippen LogP contribution in [0.15, 0.2) is 6.20 Å². The van der Waals surface area contributed by atoms with Crippen molar-refractivity contribution in [3.63, 3.8) is 0 Å². The average molecular weight is 239 g/mol. The summed E-state index contributed by atoms with van der Waals surface area (Å²) in [6.45, 7) is 1.82. The summed E-state index contributed by atoms with van der Waals surface area (Å²) >= 11 is 1.32. The van der Waals surface area contributed by atoms with E-state index < -0.39 is 5.97 Å². The maximum Gasteiger partial charge on any atom is 0.353 e. The second-order valence-corrected chi connectivity index (χ2v) is 4.01. The largest absolute Gasteiger partial charge is 0.477 e. The van der Waals surface area contributed by atoms with Crippen LogP contribution in [0.2, 0.25) is 0 Å². The first kappa shape index (κ1) is 10.6. The minimum absolute atomic E-state index is 0.0572. The zero-order valence-corrected chi connectivity index (χ0v) is 9.46. The lowest BCUT2D eigenvalue weighted by Crippen LogP contribution is -1.95. The third-order valence-electron chi connectivity index (χ3n) is 1.97. The Balaban J connectivity index is 2.41. The van der Waals surface area contributed by atoms with E-state index in [1.165, 1.54) is 24.6 Å². The molecule has 0 aliphatic rings. The first-order valence-corrected chi connectivity index (χ1v) is 5.23. The number of nitrogens with one attached hydrogen (secondary N) is 1. The highest BCUT2D eigenvalue weighted by molar-refractivity contribution is 7.16. The van der Waals surface area contributed by atoms with Crippen molar-refractivity contribution in [3.05, 3.63) is 17.6 Å². The maximum absolute atomic E-state index is 10.7. The number of aromatic amines is 1. The number of aromatic carboxylic acids is 1. The molecule has 0 aromatic carbocycles. The first-order valence-electron chi connectivity index (χ1n) is 4.42. The minimum Gasteiger partial charge on any atom is -0.477 e. The number of ether oxygens (including phenoxy) is 1. The van der Waals surface area contributed by atoms with Crippen LogP contribution in [0.3, 0.4) is 0 Å². The van der Waals surface area contributed by atoms with Crippen LogP contribution in [0.5, 0.6) is 5.19 Å². The van der Waals surface area contributed by atoms with Gasteiger partial charge in [0.1, 0.15) is 11.5 Å². The molecule has 84 valence electrons. The zero-order chi connectivity index (χ0) is 11.7. The van der Waals surface area contributed by atoms with Crippen LogP contribution in [0.25, 0.3) is 10.7 Å². The molecule has 0 radical (unpaired) electrons. The van der Waals surface area contributed by atoms with Crippen molar-refractivity contribution >= 4 is 17.3 Å². The molecule has 2 aromatic heterocycles. The molecule has 16 heavy (non-hydrogen) atoms. The number of hydrogen-bond donors (Lipinski definition) is 2. The number of hydrogen-bond acceptors (Lipinski definition) is 5. The summed E-state index contributed by atoms with van der Waals surface area (Å²) in [5, 5.41) is 9.29. The Hall–Kier alpha value is -1.89. The molecule has 2 rings (SSSR count). The van der Waals surface area contributed by atoms with Crippen LogP contribution >= 0.6 is 11.3 Å². The molecule has 6 nitrogen and oxygen atoms in total. The van der Waals surface area contributed by atoms with Gasteiger partial charge in [0, 0.05) is 0 Å². The number of aryl methyl sites for hydroxylation is 1. The highest BCUT2D eigenvalue weighted by atomic mass is 32.1. The quantitative estimate of drug-likeness (QED) is 0.848. The fourth-order valence-corrected chi connectivity index (χ4v) is 2.06. The first-order chi connectivity index (χ1) is 7.61. The van der Waals surface area contributed by atoms with E-state index in [0.29, 0.717) is 11.0 Å². The maximum atomic E-state index is 10.7. The Morgan fingerprint density at radius 1 is 1.62 bits per heavy atom. The molecule has 0 bridgehead atoms. The second-order valence-electron chi connectivity index (χ2n) is 3.05. The molecule has 2 heterocycles. The molecule has 0 saturated carbocycles. The Morgan fingerprint density at radius 3 is 2.88 bits per heavy atom. The van der Waals surface area contributed by atoms with Gasteiger partial charge in [-0.3, -0.25) is 0 Å². The molecule has 0 unspecified atom stereocenters. The Kier molecular flexibility index (Phi) is 2.61. The number of methoxy groups -OCH3 is 1. The van der Waals surface area contributed by atoms with Gasteiger partial charge in [0.2, 0.25) is 0 Å². The predicted molar refractivity (Wildman–Crippen MR) is 57.9 cm³/mol. The van der Waals surface area contributed by atoms with Gasteiger partial charge >= 0.3 is 5.97 Å². The van der Waals surface area contributed by atoms with Crippen LogP contribution in [-0.4, -0.2) is 33.1 Å². The Morgan fingerprint density at radius 2 is 2.38 bits per heavy atom. The van der Waals surface area contributed by atoms with Gasteiger partial charge in [-0.1, -0.05) is 11.3 Å². The molecular formula is C9H9N3O3S. The van der Waals surface area contributed by atoms with Crippen molar-refractivity contribution in [3.8, 4) is 15.9 Å². The van der Waals surface area contributed by atoms with Gasteiger partial charge < -0.3 is 14.8 Å². The van der Waals surface area contributed by atoms with Crippen molar-refractivity contribution in [2.75, 3.05) is 7.11 Å². The lowest BCUT2D eigenvalue weighted by molar-refractivity contribution is 0.0691. The topological polar surface area (TPSA) is 88.1 Å². The predicted octanol–water partition coefficient (Wildman–Crippen LogP) is 1.55. The van der Waals surface area contributed by atoms with Crippen molar-refractivity contribution < 1.29 is 14.6 Å². The van der Waals surface area contributed by atoms with Gasteiger partial charge in [0.15, 0.2) is 0 Å². The smallest absolute Gasteiger partial charge is 0.353 e. The Labute approximate surface area is 94.9 Å². The Bertz CT molecular complexity index is 532. The highest BCUT2D eigenvalue weighted by Crippen LogP contribution is 2.31. The van der Waals surface area contributed by atoms with Crippen LogP contribution in [0.4, 0.5) is 0 Å². The molecule has 2 aromatic rings. The van der Waals surface area contributed by atoms with E-state index in [-0.39, 0.29) is 5.69 Å². The molecule has 7 heteroatoms. The third kappa shape index (κ3) is 1.76. The lowest BCUT2D eigenvalue weighted by Gasteiger charge is -1.90. The SMILES string of the molecule is COc1nc(C)c(-c2ncc(C(=O)O)[nH]2)s1. The van der Waals surface area contributed by atoms with Gasteiger partial charge in [-0.15, -0.1) is 0 Å². The molecular weight excluding hydrogens is 230 g/mol. The van der Waals surface area contributed by atoms with E-state index in [2.05, 4.69) is 15.0 Å². The number of H-pyrrole nitrogens is 1. The molecule has 0 atom stereocenters. The van der Waals surface area contributed by atoms with Crippen molar-refractivity contribution in [2.45, 2.75) is 6.92 Å². The van der Waals surface area contributed by atoms with E-state index in [0.717, 1.165) is 10.6 Å². The summed E-state index contributed by atoms with van der Waals surface area (Å²) in [5.74, 6) is -0.538. The average Bonchev–Trinajstić information content (AvgIpc) is 2.83. The monoisotopic (exact) mass is 239 g/mol. The van der Waals surface area contributed by atoms with Gasteiger partial charge in [-0.05, 0) is 6.92 Å². The second kappa shape index (κ2) is 3.93. The molecule has 0 aliphatic heterocycles. The molecule has 2 N–H and O–H groups in total. The number of carbonyl (C=O) groups is 1.